The van der Waals surface area contributed by atoms with E-state index in [4.69, 9.17) is 0 Å². The van der Waals surface area contributed by atoms with Gasteiger partial charge in [0.1, 0.15) is 11.3 Å². The second-order valence-electron chi connectivity index (χ2n) is 7.08. The van der Waals surface area contributed by atoms with Gasteiger partial charge in [0.2, 0.25) is 10.0 Å². The lowest BCUT2D eigenvalue weighted by Crippen LogP contribution is -2.55. The van der Waals surface area contributed by atoms with Crippen molar-refractivity contribution in [3.05, 3.63) is 84.4 Å². The molecule has 30 heavy (non-hydrogen) atoms. The first-order valence-electron chi connectivity index (χ1n) is 9.46. The summed E-state index contributed by atoms with van der Waals surface area (Å²) < 4.78 is 28.4. The highest BCUT2D eigenvalue weighted by Crippen LogP contribution is 2.25. The summed E-state index contributed by atoms with van der Waals surface area (Å²) in [6.07, 6.45) is -0.00895. The van der Waals surface area contributed by atoms with Gasteiger partial charge in [-0.1, -0.05) is 61.5 Å². The van der Waals surface area contributed by atoms with Crippen LogP contribution in [0.4, 0.5) is 0 Å². The summed E-state index contributed by atoms with van der Waals surface area (Å²) in [5, 5.41) is 19.3. The molecule has 0 saturated carbocycles. The summed E-state index contributed by atoms with van der Waals surface area (Å²) in [7, 11) is -4.08. The molecule has 0 fully saturated rings. The Bertz CT molecular complexity index is 1110. The first kappa shape index (κ1) is 21.5. The maximum absolute atomic E-state index is 13.0. The maximum Gasteiger partial charge on any atom is 0.325 e. The summed E-state index contributed by atoms with van der Waals surface area (Å²) in [5.41, 5.74) is 0.696. The van der Waals surface area contributed by atoms with Gasteiger partial charge in [-0.25, -0.2) is 8.42 Å². The molecule has 0 radical (unpaired) electrons. The van der Waals surface area contributed by atoms with Gasteiger partial charge in [-0.15, -0.1) is 0 Å². The predicted molar refractivity (Wildman–Crippen MR) is 115 cm³/mol. The Morgan fingerprint density at radius 2 is 1.47 bits per heavy atom. The standard InChI is InChI=1S/C23H23NO5S/c1-2-23(22(26)27,16-17-8-12-20(25)13-9-17)24-30(28,29)21-14-10-19(11-15-21)18-6-4-3-5-7-18/h3-15,24-25H,2,16H2,1H3,(H,26,27)/t23-/m0/s1. The van der Waals surface area contributed by atoms with Crippen LogP contribution < -0.4 is 4.72 Å². The predicted octanol–water partition coefficient (Wildman–Crippen LogP) is 3.81. The van der Waals surface area contributed by atoms with Crippen LogP contribution in [0.5, 0.6) is 5.75 Å². The van der Waals surface area contributed by atoms with E-state index < -0.39 is 21.5 Å². The van der Waals surface area contributed by atoms with Gasteiger partial charge in [-0.2, -0.15) is 4.72 Å². The van der Waals surface area contributed by atoms with Crippen LogP contribution in [0.1, 0.15) is 18.9 Å². The van der Waals surface area contributed by atoms with Gasteiger partial charge in [0, 0.05) is 6.42 Å². The Hall–Kier alpha value is -3.16. The SMILES string of the molecule is CC[C@@](Cc1ccc(O)cc1)(NS(=O)(=O)c1ccc(-c2ccccc2)cc1)C(=O)O. The zero-order valence-electron chi connectivity index (χ0n) is 16.4. The quantitative estimate of drug-likeness (QED) is 0.509. The average Bonchev–Trinajstić information content (AvgIpc) is 2.75. The first-order valence-corrected chi connectivity index (χ1v) is 10.9. The van der Waals surface area contributed by atoms with Gasteiger partial charge >= 0.3 is 5.97 Å². The number of carbonyl (C=O) groups is 1. The van der Waals surface area contributed by atoms with E-state index in [9.17, 15) is 23.4 Å². The molecule has 0 saturated heterocycles. The highest BCUT2D eigenvalue weighted by molar-refractivity contribution is 7.89. The number of aromatic hydroxyl groups is 1. The van der Waals surface area contributed by atoms with Gasteiger partial charge in [-0.05, 0) is 47.4 Å². The highest BCUT2D eigenvalue weighted by atomic mass is 32.2. The average molecular weight is 426 g/mol. The van der Waals surface area contributed by atoms with Gasteiger partial charge in [0.15, 0.2) is 0 Å². The number of phenols is 1. The van der Waals surface area contributed by atoms with Crippen LogP contribution in [-0.4, -0.2) is 30.1 Å². The van der Waals surface area contributed by atoms with Crippen LogP contribution >= 0.6 is 0 Å². The number of hydrogen-bond acceptors (Lipinski definition) is 4. The lowest BCUT2D eigenvalue weighted by Gasteiger charge is -2.29. The number of phenolic OH excluding ortho intramolecular Hbond substituents is 1. The zero-order valence-corrected chi connectivity index (χ0v) is 17.3. The molecule has 1 atom stereocenters. The van der Waals surface area contributed by atoms with Gasteiger partial charge in [0.25, 0.3) is 0 Å². The highest BCUT2D eigenvalue weighted by Gasteiger charge is 2.41. The fourth-order valence-electron chi connectivity index (χ4n) is 3.24. The van der Waals surface area contributed by atoms with E-state index in [-0.39, 0.29) is 23.5 Å². The molecule has 3 rings (SSSR count). The van der Waals surface area contributed by atoms with Crippen LogP contribution in [0, 0.1) is 0 Å². The molecule has 6 nitrogen and oxygen atoms in total. The van der Waals surface area contributed by atoms with Crippen LogP contribution in [0.25, 0.3) is 11.1 Å². The second kappa shape index (κ2) is 8.69. The van der Waals surface area contributed by atoms with E-state index in [2.05, 4.69) is 4.72 Å². The molecule has 0 bridgehead atoms. The molecular formula is C23H23NO5S. The number of sulfonamides is 1. The molecule has 156 valence electrons. The minimum Gasteiger partial charge on any atom is -0.508 e. The summed E-state index contributed by atoms with van der Waals surface area (Å²) in [6.45, 7) is 1.62. The van der Waals surface area contributed by atoms with Crippen molar-refractivity contribution in [3.63, 3.8) is 0 Å². The first-order chi connectivity index (χ1) is 14.3. The van der Waals surface area contributed by atoms with Crippen molar-refractivity contribution in [3.8, 4) is 16.9 Å². The number of hydrogen-bond donors (Lipinski definition) is 3. The number of rotatable bonds is 8. The Morgan fingerprint density at radius 3 is 2.00 bits per heavy atom. The summed E-state index contributed by atoms with van der Waals surface area (Å²) in [4.78, 5) is 12.1. The van der Waals surface area contributed by atoms with Crippen molar-refractivity contribution in [2.75, 3.05) is 0 Å². The number of nitrogens with one attached hydrogen (secondary N) is 1. The Balaban J connectivity index is 1.89. The third-order valence-corrected chi connectivity index (χ3v) is 6.61. The van der Waals surface area contributed by atoms with E-state index in [0.717, 1.165) is 11.1 Å². The molecule has 0 aromatic heterocycles. The molecular weight excluding hydrogens is 402 g/mol. The van der Waals surface area contributed by atoms with Crippen molar-refractivity contribution in [2.24, 2.45) is 0 Å². The second-order valence-corrected chi connectivity index (χ2v) is 8.76. The van der Waals surface area contributed by atoms with Gasteiger partial charge < -0.3 is 10.2 Å². The van der Waals surface area contributed by atoms with Crippen LogP contribution in [-0.2, 0) is 21.2 Å². The summed E-state index contributed by atoms with van der Waals surface area (Å²) in [5.74, 6) is -1.21. The van der Waals surface area contributed by atoms with Gasteiger partial charge in [0.05, 0.1) is 4.90 Å². The van der Waals surface area contributed by atoms with Crippen molar-refractivity contribution >= 4 is 16.0 Å². The minimum atomic E-state index is -4.08. The Morgan fingerprint density at radius 1 is 0.900 bits per heavy atom. The number of benzene rings is 3. The fourth-order valence-corrected chi connectivity index (χ4v) is 4.67. The Kier molecular flexibility index (Phi) is 6.24. The molecule has 0 spiro atoms. The Labute approximate surface area is 175 Å². The third-order valence-electron chi connectivity index (χ3n) is 5.06. The zero-order chi connectivity index (χ0) is 21.8. The number of aliphatic carboxylic acids is 1. The van der Waals surface area contributed by atoms with E-state index in [0.29, 0.717) is 5.56 Å². The molecule has 0 heterocycles. The normalized spacial score (nSPS) is 13.5. The van der Waals surface area contributed by atoms with Gasteiger partial charge in [-0.3, -0.25) is 4.79 Å². The molecule has 3 aromatic carbocycles. The maximum atomic E-state index is 13.0. The molecule has 3 aromatic rings. The van der Waals surface area contributed by atoms with E-state index in [1.165, 1.54) is 24.3 Å². The fraction of sp³-hybridized carbons (Fsp3) is 0.174. The molecule has 0 aliphatic heterocycles. The summed E-state index contributed by atoms with van der Waals surface area (Å²) >= 11 is 0. The topological polar surface area (TPSA) is 104 Å². The van der Waals surface area contributed by atoms with E-state index in [1.807, 2.05) is 30.3 Å². The minimum absolute atomic E-state index is 0.00744. The largest absolute Gasteiger partial charge is 0.508 e. The molecule has 0 unspecified atom stereocenters. The molecule has 7 heteroatoms. The monoisotopic (exact) mass is 425 g/mol. The van der Waals surface area contributed by atoms with Crippen molar-refractivity contribution in [1.82, 2.24) is 4.72 Å². The molecule has 0 aliphatic rings. The van der Waals surface area contributed by atoms with E-state index >= 15 is 0 Å². The molecule has 3 N–H and O–H groups in total. The summed E-state index contributed by atoms with van der Waals surface area (Å²) in [6, 6.07) is 21.9. The lowest BCUT2D eigenvalue weighted by atomic mass is 9.89. The van der Waals surface area contributed by atoms with Crippen LogP contribution in [0.3, 0.4) is 0 Å². The van der Waals surface area contributed by atoms with Crippen LogP contribution in [0.15, 0.2) is 83.8 Å². The van der Waals surface area contributed by atoms with Crippen molar-refractivity contribution < 1.29 is 23.4 Å². The molecule has 0 amide bonds. The smallest absolute Gasteiger partial charge is 0.325 e. The van der Waals surface area contributed by atoms with E-state index in [1.54, 1.807) is 31.2 Å². The number of carboxylic acid groups (broad SMARTS) is 1. The lowest BCUT2D eigenvalue weighted by molar-refractivity contribution is -0.144. The number of carboxylic acids is 1. The van der Waals surface area contributed by atoms with Crippen LogP contribution in [0.2, 0.25) is 0 Å². The van der Waals surface area contributed by atoms with Crippen molar-refractivity contribution in [2.45, 2.75) is 30.2 Å². The van der Waals surface area contributed by atoms with Crippen molar-refractivity contribution in [1.29, 1.82) is 0 Å². The third kappa shape index (κ3) is 4.69. The molecule has 0 aliphatic carbocycles.